The van der Waals surface area contributed by atoms with Crippen molar-refractivity contribution in [3.05, 3.63) is 30.6 Å². The molecule has 0 aliphatic carbocycles. The van der Waals surface area contributed by atoms with Crippen LogP contribution < -0.4 is 5.73 Å². The van der Waals surface area contributed by atoms with Gasteiger partial charge in [0.2, 0.25) is 0 Å². The van der Waals surface area contributed by atoms with Crippen molar-refractivity contribution >= 4 is 17.2 Å². The summed E-state index contributed by atoms with van der Waals surface area (Å²) >= 11 is 4.79. The van der Waals surface area contributed by atoms with Crippen molar-refractivity contribution in [3.63, 3.8) is 0 Å². The third-order valence-corrected chi connectivity index (χ3v) is 1.73. The number of nitrogens with two attached hydrogens (primary N) is 1. The van der Waals surface area contributed by atoms with Crippen LogP contribution in [0.1, 0.15) is 5.69 Å². The molecule has 2 aromatic heterocycles. The Bertz CT molecular complexity index is 451. The molecule has 0 atom stereocenters. The van der Waals surface area contributed by atoms with Crippen molar-refractivity contribution in [3.8, 4) is 5.95 Å². The molecular weight excluding hydrogens is 200 g/mol. The molecule has 0 saturated heterocycles. The Morgan fingerprint density at radius 3 is 3.00 bits per heavy atom. The minimum Gasteiger partial charge on any atom is -0.388 e. The molecule has 2 heterocycles. The summed E-state index contributed by atoms with van der Waals surface area (Å²) in [6.07, 6.45) is 4.47. The lowest BCUT2D eigenvalue weighted by Crippen LogP contribution is -2.14. The first-order valence-corrected chi connectivity index (χ1v) is 4.16. The molecule has 0 aromatic carbocycles. The summed E-state index contributed by atoms with van der Waals surface area (Å²) in [6, 6.07) is 1.64. The molecule has 2 aromatic rings. The van der Waals surface area contributed by atoms with E-state index in [0.717, 1.165) is 0 Å². The Hall–Kier alpha value is -1.89. The maximum Gasteiger partial charge on any atom is 0.252 e. The largest absolute Gasteiger partial charge is 0.388 e. The Kier molecular flexibility index (Phi) is 2.15. The molecule has 2 N–H and O–H groups in total. The van der Waals surface area contributed by atoms with E-state index in [4.69, 9.17) is 18.0 Å². The third-order valence-electron chi connectivity index (χ3n) is 1.52. The summed E-state index contributed by atoms with van der Waals surface area (Å²) in [5.74, 6) is 0.396. The molecule has 0 fully saturated rings. The smallest absolute Gasteiger partial charge is 0.252 e. The normalized spacial score (nSPS) is 10.0. The zero-order valence-electron chi connectivity index (χ0n) is 7.03. The number of thiocarbonyl (C=S) groups is 1. The lowest BCUT2D eigenvalue weighted by molar-refractivity contribution is 0.805. The number of rotatable bonds is 2. The van der Waals surface area contributed by atoms with E-state index in [1.165, 1.54) is 17.3 Å². The van der Waals surface area contributed by atoms with E-state index in [-0.39, 0.29) is 4.99 Å². The van der Waals surface area contributed by atoms with E-state index in [9.17, 15) is 0 Å². The molecule has 0 bridgehead atoms. The molecule has 0 radical (unpaired) electrons. The fourth-order valence-corrected chi connectivity index (χ4v) is 1.02. The van der Waals surface area contributed by atoms with E-state index in [0.29, 0.717) is 11.6 Å². The molecular formula is C7H6N6S. The van der Waals surface area contributed by atoms with Crippen LogP contribution in [-0.2, 0) is 0 Å². The van der Waals surface area contributed by atoms with Crippen molar-refractivity contribution in [2.75, 3.05) is 0 Å². The summed E-state index contributed by atoms with van der Waals surface area (Å²) < 4.78 is 1.43. The summed E-state index contributed by atoms with van der Waals surface area (Å²) in [5, 5.41) is 3.88. The highest BCUT2D eigenvalue weighted by molar-refractivity contribution is 7.80. The Balaban J connectivity index is 2.46. The van der Waals surface area contributed by atoms with Crippen LogP contribution >= 0.6 is 12.2 Å². The van der Waals surface area contributed by atoms with Crippen molar-refractivity contribution < 1.29 is 0 Å². The van der Waals surface area contributed by atoms with Crippen molar-refractivity contribution in [1.82, 2.24) is 24.7 Å². The van der Waals surface area contributed by atoms with Gasteiger partial charge < -0.3 is 5.73 Å². The average Bonchev–Trinajstić information content (AvgIpc) is 2.71. The Morgan fingerprint density at radius 2 is 2.36 bits per heavy atom. The second kappa shape index (κ2) is 3.46. The van der Waals surface area contributed by atoms with E-state index in [2.05, 4.69) is 20.1 Å². The van der Waals surface area contributed by atoms with Gasteiger partial charge in [-0.15, -0.1) is 0 Å². The highest BCUT2D eigenvalue weighted by Crippen LogP contribution is 1.99. The van der Waals surface area contributed by atoms with Gasteiger partial charge in [0.25, 0.3) is 5.95 Å². The minimum absolute atomic E-state index is 0.230. The molecule has 14 heavy (non-hydrogen) atoms. The van der Waals surface area contributed by atoms with Crippen LogP contribution in [0.4, 0.5) is 0 Å². The molecule has 7 heteroatoms. The monoisotopic (exact) mass is 206 g/mol. The second-order valence-corrected chi connectivity index (χ2v) is 2.89. The van der Waals surface area contributed by atoms with Crippen LogP contribution in [0.3, 0.4) is 0 Å². The summed E-state index contributed by atoms with van der Waals surface area (Å²) in [6.45, 7) is 0. The highest BCUT2D eigenvalue weighted by Gasteiger charge is 2.03. The van der Waals surface area contributed by atoms with Crippen LogP contribution in [0.2, 0.25) is 0 Å². The van der Waals surface area contributed by atoms with Crippen LogP contribution in [0.25, 0.3) is 5.95 Å². The molecule has 0 aliphatic rings. The Morgan fingerprint density at radius 1 is 1.50 bits per heavy atom. The van der Waals surface area contributed by atoms with Crippen molar-refractivity contribution in [1.29, 1.82) is 0 Å². The number of nitrogens with zero attached hydrogens (tertiary/aromatic N) is 5. The van der Waals surface area contributed by atoms with E-state index in [1.807, 2.05) is 0 Å². The zero-order chi connectivity index (χ0) is 9.97. The van der Waals surface area contributed by atoms with Crippen molar-refractivity contribution in [2.45, 2.75) is 0 Å². The van der Waals surface area contributed by atoms with Gasteiger partial charge in [0.1, 0.15) is 23.3 Å². The molecule has 2 rings (SSSR count). The van der Waals surface area contributed by atoms with Gasteiger partial charge in [0.15, 0.2) is 0 Å². The van der Waals surface area contributed by atoms with Gasteiger partial charge in [-0.2, -0.15) is 9.78 Å². The fourth-order valence-electron chi connectivity index (χ4n) is 0.908. The lowest BCUT2D eigenvalue weighted by atomic mass is 10.4. The summed E-state index contributed by atoms with van der Waals surface area (Å²) in [5.41, 5.74) is 5.95. The SMILES string of the molecule is NC(=S)c1ccnc(-n2cncn2)n1. The molecule has 0 amide bonds. The summed E-state index contributed by atoms with van der Waals surface area (Å²) in [7, 11) is 0. The molecule has 70 valence electrons. The topological polar surface area (TPSA) is 82.5 Å². The number of hydrogen-bond donors (Lipinski definition) is 1. The van der Waals surface area contributed by atoms with Gasteiger partial charge in [0.05, 0.1) is 0 Å². The molecule has 6 nitrogen and oxygen atoms in total. The quantitative estimate of drug-likeness (QED) is 0.679. The van der Waals surface area contributed by atoms with Crippen LogP contribution in [0.5, 0.6) is 0 Å². The fraction of sp³-hybridized carbons (Fsp3) is 0. The second-order valence-electron chi connectivity index (χ2n) is 2.45. The van der Waals surface area contributed by atoms with Gasteiger partial charge in [-0.1, -0.05) is 12.2 Å². The average molecular weight is 206 g/mol. The van der Waals surface area contributed by atoms with Crippen LogP contribution in [0.15, 0.2) is 24.9 Å². The molecule has 0 saturated carbocycles. The van der Waals surface area contributed by atoms with E-state index < -0.39 is 0 Å². The maximum atomic E-state index is 5.43. The molecule has 0 unspecified atom stereocenters. The third kappa shape index (κ3) is 1.57. The van der Waals surface area contributed by atoms with E-state index in [1.54, 1.807) is 12.3 Å². The van der Waals surface area contributed by atoms with Gasteiger partial charge >= 0.3 is 0 Å². The molecule has 0 aliphatic heterocycles. The first kappa shape index (κ1) is 8.70. The number of hydrogen-bond acceptors (Lipinski definition) is 5. The van der Waals surface area contributed by atoms with Gasteiger partial charge in [-0.25, -0.2) is 15.0 Å². The maximum absolute atomic E-state index is 5.43. The lowest BCUT2D eigenvalue weighted by Gasteiger charge is -2.00. The summed E-state index contributed by atoms with van der Waals surface area (Å²) in [4.78, 5) is 12.1. The predicted molar refractivity (Wildman–Crippen MR) is 52.8 cm³/mol. The van der Waals surface area contributed by atoms with Gasteiger partial charge in [-0.05, 0) is 6.07 Å². The number of aromatic nitrogens is 5. The predicted octanol–water partition coefficient (Wildman–Crippen LogP) is -0.308. The first-order valence-electron chi connectivity index (χ1n) is 3.75. The highest BCUT2D eigenvalue weighted by atomic mass is 32.1. The van der Waals surface area contributed by atoms with Crippen LogP contribution in [0, 0.1) is 0 Å². The van der Waals surface area contributed by atoms with Gasteiger partial charge in [0, 0.05) is 6.20 Å². The Labute approximate surface area is 84.8 Å². The zero-order valence-corrected chi connectivity index (χ0v) is 7.85. The van der Waals surface area contributed by atoms with E-state index >= 15 is 0 Å². The first-order chi connectivity index (χ1) is 6.77. The van der Waals surface area contributed by atoms with Gasteiger partial charge in [-0.3, -0.25) is 0 Å². The standard InChI is InChI=1S/C7H6N6S/c8-6(14)5-1-2-10-7(12-5)13-4-9-3-11-13/h1-4H,(H2,8,14). The van der Waals surface area contributed by atoms with Crippen LogP contribution in [-0.4, -0.2) is 29.7 Å². The minimum atomic E-state index is 0.230. The molecule has 0 spiro atoms. The van der Waals surface area contributed by atoms with Crippen molar-refractivity contribution in [2.24, 2.45) is 5.73 Å².